The number of carbonyl (C=O) groups excluding carboxylic acids is 1. The van der Waals surface area contributed by atoms with E-state index >= 15 is 0 Å². The fourth-order valence-electron chi connectivity index (χ4n) is 1.65. The molecule has 1 heterocycles. The van der Waals surface area contributed by atoms with E-state index in [4.69, 9.17) is 5.11 Å². The van der Waals surface area contributed by atoms with Gasteiger partial charge in [0.25, 0.3) is 0 Å². The smallest absolute Gasteiger partial charge is 0.326 e. The largest absolute Gasteiger partial charge is 0.480 e. The Bertz CT molecular complexity index is 418. The molecule has 0 aliphatic carbocycles. The summed E-state index contributed by atoms with van der Waals surface area (Å²) in [5.41, 5.74) is 0. The van der Waals surface area contributed by atoms with Crippen molar-refractivity contribution < 1.29 is 23.1 Å². The highest BCUT2D eigenvalue weighted by Crippen LogP contribution is 2.06. The Balaban J connectivity index is 2.58. The number of hydrogen-bond donors (Lipinski definition) is 2. The maximum absolute atomic E-state index is 11.8. The summed E-state index contributed by atoms with van der Waals surface area (Å²) in [5.74, 6) is -1.47. The van der Waals surface area contributed by atoms with Crippen LogP contribution in [0.3, 0.4) is 0 Å². The number of carbonyl (C=O) groups is 2. The quantitative estimate of drug-likeness (QED) is 0.726. The molecule has 0 aromatic heterocycles. The molecule has 2 N–H and O–H groups in total. The number of nitrogens with one attached hydrogen (secondary N) is 1. The van der Waals surface area contributed by atoms with E-state index < -0.39 is 27.9 Å². The molecule has 1 fully saturated rings. The van der Waals surface area contributed by atoms with Crippen molar-refractivity contribution in [2.24, 2.45) is 5.92 Å². The molecule has 0 aromatic carbocycles. The molecule has 1 atom stereocenters. The number of carboxylic acids is 1. The first-order chi connectivity index (χ1) is 8.23. The maximum atomic E-state index is 11.8. The number of carboxylic acid groups (broad SMARTS) is 1. The van der Waals surface area contributed by atoms with Gasteiger partial charge in [0.15, 0.2) is 9.84 Å². The zero-order chi connectivity index (χ0) is 13.9. The van der Waals surface area contributed by atoms with Crippen LogP contribution in [0.5, 0.6) is 0 Å². The number of urea groups is 1. The number of rotatable bonds is 3. The highest BCUT2D eigenvalue weighted by Gasteiger charge is 2.29. The zero-order valence-corrected chi connectivity index (χ0v) is 11.2. The van der Waals surface area contributed by atoms with Crippen molar-refractivity contribution in [1.29, 1.82) is 0 Å². The molecule has 104 valence electrons. The van der Waals surface area contributed by atoms with Crippen LogP contribution in [0, 0.1) is 5.92 Å². The average molecular weight is 278 g/mol. The second kappa shape index (κ2) is 5.55. The Hall–Kier alpha value is -1.31. The van der Waals surface area contributed by atoms with Gasteiger partial charge in [-0.3, -0.25) is 0 Å². The first kappa shape index (κ1) is 14.7. The number of amides is 2. The summed E-state index contributed by atoms with van der Waals surface area (Å²) in [5, 5.41) is 11.4. The van der Waals surface area contributed by atoms with Crippen molar-refractivity contribution in [2.45, 2.75) is 19.9 Å². The highest BCUT2D eigenvalue weighted by molar-refractivity contribution is 7.91. The first-order valence-corrected chi connectivity index (χ1v) is 7.54. The van der Waals surface area contributed by atoms with E-state index in [0.717, 1.165) is 0 Å². The molecular weight excluding hydrogens is 260 g/mol. The minimum Gasteiger partial charge on any atom is -0.480 e. The van der Waals surface area contributed by atoms with Crippen LogP contribution in [0.4, 0.5) is 4.79 Å². The average Bonchev–Trinajstić information content (AvgIpc) is 2.24. The van der Waals surface area contributed by atoms with Crippen LogP contribution in [0.25, 0.3) is 0 Å². The van der Waals surface area contributed by atoms with Crippen molar-refractivity contribution in [1.82, 2.24) is 10.2 Å². The van der Waals surface area contributed by atoms with Crippen molar-refractivity contribution in [3.63, 3.8) is 0 Å². The van der Waals surface area contributed by atoms with Crippen LogP contribution < -0.4 is 5.32 Å². The van der Waals surface area contributed by atoms with E-state index in [9.17, 15) is 18.0 Å². The normalized spacial score (nSPS) is 20.5. The van der Waals surface area contributed by atoms with E-state index in [1.54, 1.807) is 13.8 Å². The number of hydrogen-bond acceptors (Lipinski definition) is 4. The molecule has 18 heavy (non-hydrogen) atoms. The number of aliphatic carboxylic acids is 1. The van der Waals surface area contributed by atoms with Gasteiger partial charge in [0.2, 0.25) is 0 Å². The maximum Gasteiger partial charge on any atom is 0.326 e. The van der Waals surface area contributed by atoms with Crippen molar-refractivity contribution >= 4 is 21.8 Å². The van der Waals surface area contributed by atoms with E-state index in [1.165, 1.54) is 4.90 Å². The SMILES string of the molecule is CC(C)C(NC(=O)N1CCS(=O)(=O)CC1)C(=O)O. The lowest BCUT2D eigenvalue weighted by Crippen LogP contribution is -2.53. The van der Waals surface area contributed by atoms with E-state index in [2.05, 4.69) is 5.32 Å². The third-order valence-corrected chi connectivity index (χ3v) is 4.45. The predicted molar refractivity (Wildman–Crippen MR) is 65.0 cm³/mol. The van der Waals surface area contributed by atoms with Crippen molar-refractivity contribution in [3.05, 3.63) is 0 Å². The van der Waals surface area contributed by atoms with Gasteiger partial charge < -0.3 is 15.3 Å². The van der Waals surface area contributed by atoms with Crippen LogP contribution >= 0.6 is 0 Å². The van der Waals surface area contributed by atoms with Crippen LogP contribution in [-0.4, -0.2) is 61.1 Å². The molecular formula is C10H18N2O5S. The van der Waals surface area contributed by atoms with Crippen LogP contribution in [0.1, 0.15) is 13.8 Å². The minimum absolute atomic E-state index is 0.0696. The van der Waals surface area contributed by atoms with Gasteiger partial charge in [-0.25, -0.2) is 18.0 Å². The molecule has 0 radical (unpaired) electrons. The van der Waals surface area contributed by atoms with E-state index in [1.807, 2.05) is 0 Å². The van der Waals surface area contributed by atoms with Crippen molar-refractivity contribution in [2.75, 3.05) is 24.6 Å². The Morgan fingerprint density at radius 3 is 2.11 bits per heavy atom. The lowest BCUT2D eigenvalue weighted by molar-refractivity contribution is -0.140. The number of sulfone groups is 1. The standard InChI is InChI=1S/C10H18N2O5S/c1-7(2)8(9(13)14)11-10(15)12-3-5-18(16,17)6-4-12/h7-8H,3-6H2,1-2H3,(H,11,15)(H,13,14). The molecule has 1 aliphatic heterocycles. The second-order valence-corrected chi connectivity index (χ2v) is 6.95. The third kappa shape index (κ3) is 3.86. The van der Waals surface area contributed by atoms with Gasteiger partial charge in [-0.2, -0.15) is 0 Å². The molecule has 1 saturated heterocycles. The Morgan fingerprint density at radius 2 is 1.72 bits per heavy atom. The highest BCUT2D eigenvalue weighted by atomic mass is 32.2. The zero-order valence-electron chi connectivity index (χ0n) is 10.4. The predicted octanol–water partition coefficient (Wildman–Crippen LogP) is -0.464. The summed E-state index contributed by atoms with van der Waals surface area (Å²) < 4.78 is 22.4. The number of nitrogens with zero attached hydrogens (tertiary/aromatic N) is 1. The summed E-state index contributed by atoms with van der Waals surface area (Å²) in [7, 11) is -3.05. The lowest BCUT2D eigenvalue weighted by atomic mass is 10.1. The summed E-state index contributed by atoms with van der Waals surface area (Å²) in [6, 6.07) is -1.48. The molecule has 8 heteroatoms. The van der Waals surface area contributed by atoms with Crippen LogP contribution in [0.15, 0.2) is 0 Å². The van der Waals surface area contributed by atoms with Crippen LogP contribution in [-0.2, 0) is 14.6 Å². The van der Waals surface area contributed by atoms with E-state index in [-0.39, 0.29) is 30.5 Å². The van der Waals surface area contributed by atoms with Crippen LogP contribution in [0.2, 0.25) is 0 Å². The summed E-state index contributed by atoms with van der Waals surface area (Å²) in [4.78, 5) is 24.1. The van der Waals surface area contributed by atoms with Gasteiger partial charge in [0, 0.05) is 13.1 Å². The molecule has 0 bridgehead atoms. The molecule has 0 aromatic rings. The molecule has 0 spiro atoms. The van der Waals surface area contributed by atoms with Crippen molar-refractivity contribution in [3.8, 4) is 0 Å². The van der Waals surface area contributed by atoms with Gasteiger partial charge in [0.1, 0.15) is 6.04 Å². The molecule has 1 aliphatic rings. The molecule has 7 nitrogen and oxygen atoms in total. The molecule has 1 unspecified atom stereocenters. The third-order valence-electron chi connectivity index (χ3n) is 2.84. The second-order valence-electron chi connectivity index (χ2n) is 4.65. The molecule has 1 rings (SSSR count). The Labute approximate surface area is 106 Å². The Morgan fingerprint density at radius 1 is 1.22 bits per heavy atom. The lowest BCUT2D eigenvalue weighted by Gasteiger charge is -2.29. The minimum atomic E-state index is -3.05. The fourth-order valence-corrected chi connectivity index (χ4v) is 2.85. The van der Waals surface area contributed by atoms with E-state index in [0.29, 0.717) is 0 Å². The van der Waals surface area contributed by atoms with Gasteiger partial charge in [-0.15, -0.1) is 0 Å². The summed E-state index contributed by atoms with van der Waals surface area (Å²) >= 11 is 0. The summed E-state index contributed by atoms with van der Waals surface area (Å²) in [6.07, 6.45) is 0. The fraction of sp³-hybridized carbons (Fsp3) is 0.800. The first-order valence-electron chi connectivity index (χ1n) is 5.71. The van der Waals surface area contributed by atoms with Gasteiger partial charge in [-0.05, 0) is 5.92 Å². The monoisotopic (exact) mass is 278 g/mol. The van der Waals surface area contributed by atoms with Gasteiger partial charge >= 0.3 is 12.0 Å². The van der Waals surface area contributed by atoms with Gasteiger partial charge in [-0.1, -0.05) is 13.8 Å². The molecule has 0 saturated carbocycles. The summed E-state index contributed by atoms with van der Waals surface area (Å²) in [6.45, 7) is 3.61. The molecule has 2 amide bonds. The Kier molecular flexibility index (Phi) is 4.55. The topological polar surface area (TPSA) is 104 Å². The van der Waals surface area contributed by atoms with Gasteiger partial charge in [0.05, 0.1) is 11.5 Å².